The van der Waals surface area contributed by atoms with Crippen molar-refractivity contribution < 1.29 is 14.6 Å². The Morgan fingerprint density at radius 2 is 1.72 bits per heavy atom. The molecule has 0 saturated heterocycles. The second-order valence-corrected chi connectivity index (χ2v) is 5.97. The Hall–Kier alpha value is -4.52. The summed E-state index contributed by atoms with van der Waals surface area (Å²) in [6, 6.07) is 12.8. The molecule has 10 heteroatoms. The number of nitrogens with zero attached hydrogens (tertiary/aromatic N) is 3. The molecule has 1 heterocycles. The molecule has 3 aromatic rings. The van der Waals surface area contributed by atoms with Crippen molar-refractivity contribution in [3.8, 4) is 28.7 Å². The third kappa shape index (κ3) is 3.93. The molecule has 0 amide bonds. The van der Waals surface area contributed by atoms with E-state index in [0.29, 0.717) is 16.8 Å². The number of pyridine rings is 1. The van der Waals surface area contributed by atoms with Crippen LogP contribution in [0.4, 0.5) is 11.4 Å². The van der Waals surface area contributed by atoms with E-state index in [4.69, 9.17) is 4.74 Å². The van der Waals surface area contributed by atoms with Crippen molar-refractivity contribution in [1.29, 1.82) is 5.26 Å². The van der Waals surface area contributed by atoms with Crippen molar-refractivity contribution in [2.24, 2.45) is 0 Å². The number of aryl methyl sites for hydroxylation is 1. The Morgan fingerprint density at radius 3 is 2.31 bits per heavy atom. The van der Waals surface area contributed by atoms with Gasteiger partial charge in [0, 0.05) is 17.3 Å². The van der Waals surface area contributed by atoms with Gasteiger partial charge in [-0.2, -0.15) is 5.26 Å². The molecule has 0 radical (unpaired) electrons. The number of aromatic nitrogens is 1. The van der Waals surface area contributed by atoms with Gasteiger partial charge in [-0.3, -0.25) is 25.0 Å². The van der Waals surface area contributed by atoms with Crippen LogP contribution in [0.25, 0.3) is 11.1 Å². The molecule has 0 aliphatic rings. The number of ether oxygens (including phenoxy) is 1. The van der Waals surface area contributed by atoms with Crippen LogP contribution in [-0.4, -0.2) is 14.8 Å². The molecule has 3 rings (SSSR count). The Labute approximate surface area is 162 Å². The highest BCUT2D eigenvalue weighted by Gasteiger charge is 2.21. The summed E-state index contributed by atoms with van der Waals surface area (Å²) >= 11 is 0. The van der Waals surface area contributed by atoms with Crippen LogP contribution in [0, 0.1) is 38.5 Å². The summed E-state index contributed by atoms with van der Waals surface area (Å²) in [5.41, 5.74) is 0.127. The first kappa shape index (κ1) is 19.2. The monoisotopic (exact) mass is 392 g/mol. The van der Waals surface area contributed by atoms with Gasteiger partial charge in [-0.1, -0.05) is 12.1 Å². The molecule has 144 valence electrons. The van der Waals surface area contributed by atoms with Gasteiger partial charge in [-0.05, 0) is 36.8 Å². The quantitative estimate of drug-likeness (QED) is 0.511. The summed E-state index contributed by atoms with van der Waals surface area (Å²) in [5.74, 6) is 0.0869. The number of aromatic amines is 1. The molecular weight excluding hydrogens is 380 g/mol. The van der Waals surface area contributed by atoms with Crippen molar-refractivity contribution in [2.75, 3.05) is 0 Å². The fourth-order valence-corrected chi connectivity index (χ4v) is 2.71. The number of hydrogen-bond acceptors (Lipinski definition) is 7. The minimum atomic E-state index is -0.769. The van der Waals surface area contributed by atoms with Crippen molar-refractivity contribution in [2.45, 2.75) is 6.92 Å². The first-order valence-electron chi connectivity index (χ1n) is 8.15. The summed E-state index contributed by atoms with van der Waals surface area (Å²) in [5, 5.41) is 31.3. The predicted molar refractivity (Wildman–Crippen MR) is 102 cm³/mol. The number of non-ortho nitro benzene ring substituents is 1. The van der Waals surface area contributed by atoms with Gasteiger partial charge in [-0.15, -0.1) is 0 Å². The lowest BCUT2D eigenvalue weighted by molar-refractivity contribution is -0.394. The van der Waals surface area contributed by atoms with E-state index in [9.17, 15) is 30.3 Å². The smallest absolute Gasteiger partial charge is 0.318 e. The Bertz CT molecular complexity index is 1220. The van der Waals surface area contributed by atoms with Crippen LogP contribution in [0.2, 0.25) is 0 Å². The number of H-pyrrole nitrogens is 1. The number of nitro benzene ring substituents is 2. The summed E-state index contributed by atoms with van der Waals surface area (Å²) in [6.07, 6.45) is 0. The third-order valence-corrected chi connectivity index (χ3v) is 4.02. The third-order valence-electron chi connectivity index (χ3n) is 4.02. The molecular formula is C19H12N4O6. The van der Waals surface area contributed by atoms with Crippen molar-refractivity contribution in [3.63, 3.8) is 0 Å². The minimum Gasteiger partial charge on any atom is -0.450 e. The van der Waals surface area contributed by atoms with E-state index >= 15 is 0 Å². The molecule has 0 saturated carbocycles. The molecule has 0 atom stereocenters. The second-order valence-electron chi connectivity index (χ2n) is 5.97. The van der Waals surface area contributed by atoms with Crippen LogP contribution in [0.5, 0.6) is 11.5 Å². The predicted octanol–water partition coefficient (Wildman–Crippen LogP) is 3.83. The maximum atomic E-state index is 11.9. The maximum Gasteiger partial charge on any atom is 0.318 e. The van der Waals surface area contributed by atoms with Gasteiger partial charge in [0.05, 0.1) is 15.9 Å². The molecule has 29 heavy (non-hydrogen) atoms. The Balaban J connectivity index is 1.95. The number of nitriles is 1. The highest BCUT2D eigenvalue weighted by Crippen LogP contribution is 2.35. The van der Waals surface area contributed by atoms with Crippen LogP contribution in [0.1, 0.15) is 11.3 Å². The summed E-state index contributed by atoms with van der Waals surface area (Å²) in [4.78, 5) is 35.0. The molecule has 10 nitrogen and oxygen atoms in total. The zero-order valence-electron chi connectivity index (χ0n) is 14.9. The Kier molecular flexibility index (Phi) is 5.05. The van der Waals surface area contributed by atoms with Gasteiger partial charge in [0.2, 0.25) is 5.75 Å². The number of hydrogen-bond donors (Lipinski definition) is 1. The Morgan fingerprint density at radius 1 is 1.03 bits per heavy atom. The van der Waals surface area contributed by atoms with Gasteiger partial charge in [0.1, 0.15) is 17.4 Å². The van der Waals surface area contributed by atoms with Crippen LogP contribution < -0.4 is 10.3 Å². The molecule has 0 aliphatic carbocycles. The highest BCUT2D eigenvalue weighted by atomic mass is 16.6. The highest BCUT2D eigenvalue weighted by molar-refractivity contribution is 5.71. The molecule has 1 aromatic heterocycles. The van der Waals surface area contributed by atoms with Crippen molar-refractivity contribution in [3.05, 3.63) is 90.4 Å². The first-order valence-corrected chi connectivity index (χ1v) is 8.15. The number of nitro groups is 2. The normalized spacial score (nSPS) is 10.2. The van der Waals surface area contributed by atoms with Gasteiger partial charge >= 0.3 is 5.69 Å². The minimum absolute atomic E-state index is 0.0322. The largest absolute Gasteiger partial charge is 0.450 e. The molecule has 0 spiro atoms. The van der Waals surface area contributed by atoms with E-state index in [2.05, 4.69) is 4.98 Å². The van der Waals surface area contributed by atoms with Gasteiger partial charge in [0.15, 0.2) is 0 Å². The van der Waals surface area contributed by atoms with E-state index < -0.39 is 26.8 Å². The lowest BCUT2D eigenvalue weighted by atomic mass is 10.0. The topological polar surface area (TPSA) is 152 Å². The van der Waals surface area contributed by atoms with Crippen LogP contribution in [0.3, 0.4) is 0 Å². The van der Waals surface area contributed by atoms with Gasteiger partial charge in [0.25, 0.3) is 11.2 Å². The lowest BCUT2D eigenvalue weighted by Crippen LogP contribution is -2.12. The van der Waals surface area contributed by atoms with E-state index in [1.54, 1.807) is 25.1 Å². The maximum absolute atomic E-state index is 11.9. The van der Waals surface area contributed by atoms with Crippen molar-refractivity contribution >= 4 is 11.4 Å². The number of benzene rings is 2. The zero-order valence-corrected chi connectivity index (χ0v) is 14.9. The first-order chi connectivity index (χ1) is 13.8. The summed E-state index contributed by atoms with van der Waals surface area (Å²) < 4.78 is 5.50. The summed E-state index contributed by atoms with van der Waals surface area (Å²) in [6.45, 7) is 1.69. The van der Waals surface area contributed by atoms with Gasteiger partial charge < -0.3 is 9.72 Å². The fourth-order valence-electron chi connectivity index (χ4n) is 2.71. The average molecular weight is 392 g/mol. The van der Waals surface area contributed by atoms with E-state index in [-0.39, 0.29) is 17.1 Å². The summed E-state index contributed by atoms with van der Waals surface area (Å²) in [7, 11) is 0. The molecule has 2 aromatic carbocycles. The zero-order chi connectivity index (χ0) is 21.1. The average Bonchev–Trinajstić information content (AvgIpc) is 2.68. The van der Waals surface area contributed by atoms with Crippen LogP contribution in [-0.2, 0) is 0 Å². The van der Waals surface area contributed by atoms with E-state index in [1.165, 1.54) is 12.1 Å². The van der Waals surface area contributed by atoms with Gasteiger partial charge in [-0.25, -0.2) is 0 Å². The molecule has 0 unspecified atom stereocenters. The molecule has 1 N–H and O–H groups in total. The van der Waals surface area contributed by atoms with E-state index in [1.807, 2.05) is 6.07 Å². The molecule has 0 aliphatic heterocycles. The van der Waals surface area contributed by atoms with Crippen LogP contribution in [0.15, 0.2) is 53.3 Å². The number of nitrogens with one attached hydrogen (secondary N) is 1. The number of rotatable bonds is 5. The van der Waals surface area contributed by atoms with Crippen molar-refractivity contribution in [1.82, 2.24) is 4.98 Å². The standard InChI is InChI=1S/C19H12N4O6/c1-11-8-15(16(10-20)19(24)21-11)12-2-5-14(6-3-12)29-18-7-4-13(22(25)26)9-17(18)23(27)28/h2-9H,1H3,(H,21,24). The fraction of sp³-hybridized carbons (Fsp3) is 0.0526. The SMILES string of the molecule is Cc1cc(-c2ccc(Oc3ccc([N+](=O)[O-])cc3[N+](=O)[O-])cc2)c(C#N)c(=O)[nH]1. The van der Waals surface area contributed by atoms with E-state index in [0.717, 1.165) is 18.2 Å². The van der Waals surface area contributed by atoms with Crippen LogP contribution >= 0.6 is 0 Å². The lowest BCUT2D eigenvalue weighted by Gasteiger charge is -2.09. The molecule has 0 bridgehead atoms. The second kappa shape index (κ2) is 7.61. The molecule has 0 fully saturated rings.